The number of aliphatic hydroxyl groups is 2. The fourth-order valence-electron chi connectivity index (χ4n) is 3.68. The minimum atomic E-state index is -2.17. The minimum absolute atomic E-state index is 0.00313. The standard InChI is InChI=1S/C19H23ClFN5O3Si/c1-25(30(2,3)11-7-5-4-6-8-11)16-14-17(24-19(20)23-16)26(10-22-14)18-13(21)15(28)12(9-27)29-18/h4-8,10,12-13,15,18,27-28H,9H2,1-3H3. The lowest BCUT2D eigenvalue weighted by atomic mass is 10.1. The number of anilines is 1. The molecule has 1 fully saturated rings. The van der Waals surface area contributed by atoms with Gasteiger partial charge in [0.25, 0.3) is 0 Å². The number of aromatic nitrogens is 4. The predicted molar refractivity (Wildman–Crippen MR) is 114 cm³/mol. The molecule has 30 heavy (non-hydrogen) atoms. The summed E-state index contributed by atoms with van der Waals surface area (Å²) in [4.78, 5) is 13.1. The lowest BCUT2D eigenvalue weighted by Gasteiger charge is -2.35. The molecule has 1 aliphatic rings. The normalized spacial score (nSPS) is 24.5. The van der Waals surface area contributed by atoms with Gasteiger partial charge in [-0.3, -0.25) is 4.57 Å². The Morgan fingerprint density at radius 3 is 2.60 bits per heavy atom. The molecule has 1 aromatic carbocycles. The maximum Gasteiger partial charge on any atom is 0.226 e. The summed E-state index contributed by atoms with van der Waals surface area (Å²) in [5.41, 5.74) is 0.754. The molecule has 3 aromatic rings. The summed E-state index contributed by atoms with van der Waals surface area (Å²) in [5.74, 6) is 0.539. The molecule has 4 atom stereocenters. The molecule has 0 bridgehead atoms. The van der Waals surface area contributed by atoms with Crippen LogP contribution in [-0.4, -0.2) is 70.0 Å². The van der Waals surface area contributed by atoms with Crippen LogP contribution in [0.2, 0.25) is 18.4 Å². The van der Waals surface area contributed by atoms with Crippen LogP contribution in [0.25, 0.3) is 11.2 Å². The van der Waals surface area contributed by atoms with E-state index in [-0.39, 0.29) is 5.28 Å². The first kappa shape index (κ1) is 21.1. The molecular formula is C19H23ClFN5O3Si. The molecule has 4 rings (SSSR count). The number of ether oxygens (including phenoxy) is 1. The van der Waals surface area contributed by atoms with Gasteiger partial charge in [0.15, 0.2) is 32.1 Å². The van der Waals surface area contributed by atoms with E-state index in [2.05, 4.69) is 44.7 Å². The Hall–Kier alpha value is -2.11. The van der Waals surface area contributed by atoms with Crippen molar-refractivity contribution in [2.24, 2.45) is 0 Å². The van der Waals surface area contributed by atoms with Crippen LogP contribution >= 0.6 is 11.6 Å². The maximum absolute atomic E-state index is 14.7. The number of imidazole rings is 1. The summed E-state index contributed by atoms with van der Waals surface area (Å²) in [5, 5.41) is 20.5. The van der Waals surface area contributed by atoms with Crippen LogP contribution in [-0.2, 0) is 4.74 Å². The Bertz CT molecular complexity index is 1050. The minimum Gasteiger partial charge on any atom is -0.394 e. The van der Waals surface area contributed by atoms with Crippen LogP contribution in [0.1, 0.15) is 6.23 Å². The van der Waals surface area contributed by atoms with Gasteiger partial charge in [-0.05, 0) is 36.9 Å². The molecule has 2 N–H and O–H groups in total. The summed E-state index contributed by atoms with van der Waals surface area (Å²) in [6, 6.07) is 10.1. The molecule has 0 spiro atoms. The van der Waals surface area contributed by atoms with Gasteiger partial charge in [-0.1, -0.05) is 30.3 Å². The highest BCUT2D eigenvalue weighted by Gasteiger charge is 2.45. The highest BCUT2D eigenvalue weighted by molar-refractivity contribution is 6.92. The number of hydrogen-bond donors (Lipinski definition) is 2. The van der Waals surface area contributed by atoms with Crippen molar-refractivity contribution in [2.45, 2.75) is 37.7 Å². The first-order valence-electron chi connectivity index (χ1n) is 9.53. The molecule has 2 aromatic heterocycles. The zero-order valence-corrected chi connectivity index (χ0v) is 18.5. The van der Waals surface area contributed by atoms with Crippen molar-refractivity contribution in [3.63, 3.8) is 0 Å². The molecule has 8 nitrogen and oxygen atoms in total. The third-order valence-electron chi connectivity index (χ3n) is 5.76. The molecule has 4 unspecified atom stereocenters. The second kappa shape index (κ2) is 7.86. The van der Waals surface area contributed by atoms with Gasteiger partial charge in [0.1, 0.15) is 17.7 Å². The van der Waals surface area contributed by atoms with Gasteiger partial charge in [-0.15, -0.1) is 0 Å². The van der Waals surface area contributed by atoms with Crippen LogP contribution < -0.4 is 9.75 Å². The van der Waals surface area contributed by atoms with Crippen molar-refractivity contribution in [3.8, 4) is 0 Å². The Balaban J connectivity index is 1.78. The van der Waals surface area contributed by atoms with Crippen LogP contribution in [0.3, 0.4) is 0 Å². The maximum atomic E-state index is 14.7. The summed E-state index contributed by atoms with van der Waals surface area (Å²) in [6.07, 6.45) is -3.99. The molecule has 0 saturated carbocycles. The molecule has 3 heterocycles. The van der Waals surface area contributed by atoms with E-state index in [0.717, 1.165) is 0 Å². The Kier molecular flexibility index (Phi) is 5.53. The average Bonchev–Trinajstić information content (AvgIpc) is 3.28. The topological polar surface area (TPSA) is 96.5 Å². The Morgan fingerprint density at radius 1 is 1.27 bits per heavy atom. The second-order valence-electron chi connectivity index (χ2n) is 7.81. The quantitative estimate of drug-likeness (QED) is 0.449. The van der Waals surface area contributed by atoms with Crippen molar-refractivity contribution in [3.05, 3.63) is 41.9 Å². The highest BCUT2D eigenvalue weighted by atomic mass is 35.5. The zero-order valence-electron chi connectivity index (χ0n) is 16.8. The van der Waals surface area contributed by atoms with Crippen molar-refractivity contribution < 1.29 is 19.3 Å². The third kappa shape index (κ3) is 3.38. The van der Waals surface area contributed by atoms with E-state index in [4.69, 9.17) is 16.3 Å². The van der Waals surface area contributed by atoms with E-state index >= 15 is 0 Å². The first-order chi connectivity index (χ1) is 14.3. The van der Waals surface area contributed by atoms with E-state index in [1.54, 1.807) is 0 Å². The number of nitrogens with zero attached hydrogens (tertiary/aromatic N) is 5. The number of rotatable bonds is 5. The number of alkyl halides is 1. The van der Waals surface area contributed by atoms with Gasteiger partial charge < -0.3 is 19.5 Å². The fourth-order valence-corrected chi connectivity index (χ4v) is 5.92. The molecule has 0 amide bonds. The van der Waals surface area contributed by atoms with Gasteiger partial charge in [-0.2, -0.15) is 9.97 Å². The van der Waals surface area contributed by atoms with Gasteiger partial charge in [0.2, 0.25) is 5.28 Å². The van der Waals surface area contributed by atoms with E-state index in [0.29, 0.717) is 17.0 Å². The smallest absolute Gasteiger partial charge is 0.226 e. The summed E-state index contributed by atoms with van der Waals surface area (Å²) < 4.78 is 23.6. The van der Waals surface area contributed by atoms with Crippen molar-refractivity contribution >= 4 is 42.0 Å². The number of benzene rings is 1. The van der Waals surface area contributed by atoms with Crippen LogP contribution in [0.4, 0.5) is 10.2 Å². The molecule has 160 valence electrons. The lowest BCUT2D eigenvalue weighted by molar-refractivity contribution is -0.0459. The number of fused-ring (bicyclic) bond motifs is 1. The van der Waals surface area contributed by atoms with Crippen molar-refractivity contribution in [1.29, 1.82) is 0 Å². The predicted octanol–water partition coefficient (Wildman–Crippen LogP) is 1.62. The third-order valence-corrected chi connectivity index (χ3v) is 9.56. The van der Waals surface area contributed by atoms with Gasteiger partial charge in [0, 0.05) is 0 Å². The SMILES string of the molecule is CN(c1nc(Cl)nc2c1ncn2C1OC(CO)C(O)C1F)[Si](C)(C)c1ccccc1. The number of aliphatic hydroxyl groups excluding tert-OH is 2. The van der Waals surface area contributed by atoms with E-state index in [1.807, 2.05) is 25.2 Å². The van der Waals surface area contributed by atoms with Crippen LogP contribution in [0.15, 0.2) is 36.7 Å². The van der Waals surface area contributed by atoms with Crippen molar-refractivity contribution in [2.75, 3.05) is 18.2 Å². The molecular weight excluding hydrogens is 429 g/mol. The monoisotopic (exact) mass is 451 g/mol. The molecule has 1 saturated heterocycles. The highest BCUT2D eigenvalue weighted by Crippen LogP contribution is 2.35. The van der Waals surface area contributed by atoms with Gasteiger partial charge >= 0.3 is 0 Å². The molecule has 0 radical (unpaired) electrons. The Morgan fingerprint density at radius 2 is 1.97 bits per heavy atom. The lowest BCUT2D eigenvalue weighted by Crippen LogP contribution is -2.56. The van der Waals surface area contributed by atoms with E-state index in [1.165, 1.54) is 16.1 Å². The molecule has 11 heteroatoms. The zero-order chi connectivity index (χ0) is 21.6. The van der Waals surface area contributed by atoms with Gasteiger partial charge in [-0.25, -0.2) is 9.37 Å². The second-order valence-corrected chi connectivity index (χ2v) is 12.5. The molecule has 0 aliphatic carbocycles. The summed E-state index contributed by atoms with van der Waals surface area (Å²) in [6.45, 7) is 3.87. The largest absolute Gasteiger partial charge is 0.394 e. The first-order valence-corrected chi connectivity index (χ1v) is 12.9. The number of halogens is 2. The van der Waals surface area contributed by atoms with Crippen molar-refractivity contribution in [1.82, 2.24) is 19.5 Å². The number of hydrogen-bond acceptors (Lipinski definition) is 7. The summed E-state index contributed by atoms with van der Waals surface area (Å²) in [7, 11) is -0.234. The molecule has 1 aliphatic heterocycles. The van der Waals surface area contributed by atoms with Gasteiger partial charge in [0.05, 0.1) is 12.9 Å². The van der Waals surface area contributed by atoms with Crippen LogP contribution in [0, 0.1) is 0 Å². The summed E-state index contributed by atoms with van der Waals surface area (Å²) >= 11 is 6.22. The van der Waals surface area contributed by atoms with E-state index in [9.17, 15) is 14.6 Å². The average molecular weight is 452 g/mol. The van der Waals surface area contributed by atoms with E-state index < -0.39 is 39.4 Å². The Labute approximate surface area is 179 Å². The fraction of sp³-hybridized carbons (Fsp3) is 0.421. The van der Waals surface area contributed by atoms with Crippen LogP contribution in [0.5, 0.6) is 0 Å².